The van der Waals surface area contributed by atoms with Gasteiger partial charge in [-0.3, -0.25) is 9.89 Å². The fourth-order valence-electron chi connectivity index (χ4n) is 3.42. The van der Waals surface area contributed by atoms with Crippen molar-refractivity contribution in [3.05, 3.63) is 35.9 Å². The summed E-state index contributed by atoms with van der Waals surface area (Å²) in [5.41, 5.74) is 1.39. The number of likely N-dealkylation sites (tertiary alicyclic amines) is 1. The van der Waals surface area contributed by atoms with E-state index >= 15 is 0 Å². The summed E-state index contributed by atoms with van der Waals surface area (Å²) in [5, 5.41) is 6.83. The maximum Gasteiger partial charge on any atom is 0.191 e. The van der Waals surface area contributed by atoms with Crippen LogP contribution in [-0.4, -0.2) is 56.8 Å². The molecule has 0 bridgehead atoms. The van der Waals surface area contributed by atoms with E-state index in [0.717, 1.165) is 51.6 Å². The molecule has 1 aromatic carbocycles. The number of halogens is 1. The topological polar surface area (TPSA) is 48.9 Å². The lowest BCUT2D eigenvalue weighted by molar-refractivity contribution is 0.192. The number of unbranched alkanes of at least 4 members (excludes halogenated alkanes) is 2. The van der Waals surface area contributed by atoms with E-state index in [4.69, 9.17) is 9.73 Å². The maximum absolute atomic E-state index is 5.10. The minimum absolute atomic E-state index is 0. The first-order valence-electron chi connectivity index (χ1n) is 10.1. The molecule has 0 aromatic heterocycles. The third kappa shape index (κ3) is 9.76. The Labute approximate surface area is 182 Å². The molecule has 1 unspecified atom stereocenters. The summed E-state index contributed by atoms with van der Waals surface area (Å²) in [6.45, 7) is 7.91. The summed E-state index contributed by atoms with van der Waals surface area (Å²) < 4.78 is 5.10. The number of ether oxygens (including phenoxy) is 1. The highest BCUT2D eigenvalue weighted by atomic mass is 127. The van der Waals surface area contributed by atoms with Crippen molar-refractivity contribution in [2.75, 3.05) is 39.9 Å². The standard InChI is InChI=1S/C21H36N4O.HI/c1-3-22-21(23-14-8-5-9-16-26-2)24-17-20-13-10-15-25(20)18-19-11-6-4-7-12-19;/h4,6-7,11-12,20H,3,5,8-10,13-18H2,1-2H3,(H2,22,23,24);1H. The zero-order chi connectivity index (χ0) is 18.5. The van der Waals surface area contributed by atoms with Crippen molar-refractivity contribution in [3.8, 4) is 0 Å². The van der Waals surface area contributed by atoms with Crippen molar-refractivity contribution in [1.82, 2.24) is 15.5 Å². The van der Waals surface area contributed by atoms with Crippen molar-refractivity contribution >= 4 is 29.9 Å². The van der Waals surface area contributed by atoms with Crippen LogP contribution in [0.5, 0.6) is 0 Å². The number of nitrogens with one attached hydrogen (secondary N) is 2. The number of hydrogen-bond acceptors (Lipinski definition) is 3. The summed E-state index contributed by atoms with van der Waals surface area (Å²) in [5.74, 6) is 0.950. The number of rotatable bonds is 11. The highest BCUT2D eigenvalue weighted by Crippen LogP contribution is 2.20. The molecular weight excluding hydrogens is 451 g/mol. The number of hydrogen-bond donors (Lipinski definition) is 2. The molecular formula is C21H37IN4O. The van der Waals surface area contributed by atoms with Gasteiger partial charge >= 0.3 is 0 Å². The van der Waals surface area contributed by atoms with E-state index in [2.05, 4.69) is 52.8 Å². The molecule has 0 radical (unpaired) electrons. The maximum atomic E-state index is 5.10. The fraction of sp³-hybridized carbons (Fsp3) is 0.667. The summed E-state index contributed by atoms with van der Waals surface area (Å²) >= 11 is 0. The van der Waals surface area contributed by atoms with Crippen molar-refractivity contribution in [2.24, 2.45) is 4.99 Å². The van der Waals surface area contributed by atoms with Crippen LogP contribution in [0.3, 0.4) is 0 Å². The first-order chi connectivity index (χ1) is 12.8. The zero-order valence-corrected chi connectivity index (χ0v) is 19.3. The molecule has 27 heavy (non-hydrogen) atoms. The molecule has 1 aromatic rings. The highest BCUT2D eigenvalue weighted by Gasteiger charge is 2.24. The normalized spacial score (nSPS) is 17.6. The monoisotopic (exact) mass is 488 g/mol. The number of benzene rings is 1. The second-order valence-corrected chi connectivity index (χ2v) is 6.95. The Morgan fingerprint density at radius 3 is 2.74 bits per heavy atom. The van der Waals surface area contributed by atoms with Gasteiger partial charge in [0.1, 0.15) is 0 Å². The minimum atomic E-state index is 0. The molecule has 0 aliphatic carbocycles. The molecule has 1 aliphatic heterocycles. The van der Waals surface area contributed by atoms with Crippen LogP contribution in [0.2, 0.25) is 0 Å². The largest absolute Gasteiger partial charge is 0.385 e. The van der Waals surface area contributed by atoms with Crippen LogP contribution in [-0.2, 0) is 11.3 Å². The molecule has 1 aliphatic rings. The summed E-state index contributed by atoms with van der Waals surface area (Å²) in [6.07, 6.45) is 5.98. The lowest BCUT2D eigenvalue weighted by Gasteiger charge is -2.23. The second-order valence-electron chi connectivity index (χ2n) is 6.95. The smallest absolute Gasteiger partial charge is 0.191 e. The molecule has 0 amide bonds. The third-order valence-corrected chi connectivity index (χ3v) is 4.85. The number of guanidine groups is 1. The van der Waals surface area contributed by atoms with E-state index in [1.165, 1.54) is 31.4 Å². The number of aliphatic imine (C=N–C) groups is 1. The van der Waals surface area contributed by atoms with E-state index in [9.17, 15) is 0 Å². The van der Waals surface area contributed by atoms with Crippen LogP contribution in [0.15, 0.2) is 35.3 Å². The number of methoxy groups -OCH3 is 1. The van der Waals surface area contributed by atoms with Gasteiger partial charge in [-0.25, -0.2) is 0 Å². The SMILES string of the molecule is CCNC(=NCC1CCCN1Cc1ccccc1)NCCCCCOC.I. The summed E-state index contributed by atoms with van der Waals surface area (Å²) in [7, 11) is 1.76. The molecule has 1 heterocycles. The Hall–Kier alpha value is -0.860. The average Bonchev–Trinajstić information content (AvgIpc) is 3.10. The van der Waals surface area contributed by atoms with Gasteiger partial charge in [0.2, 0.25) is 0 Å². The average molecular weight is 488 g/mol. The Bertz CT molecular complexity index is 512. The van der Waals surface area contributed by atoms with Gasteiger partial charge in [0.25, 0.3) is 0 Å². The van der Waals surface area contributed by atoms with E-state index in [0.29, 0.717) is 6.04 Å². The summed E-state index contributed by atoms with van der Waals surface area (Å²) in [4.78, 5) is 7.43. The van der Waals surface area contributed by atoms with Gasteiger partial charge in [0.05, 0.1) is 6.54 Å². The zero-order valence-electron chi connectivity index (χ0n) is 17.0. The summed E-state index contributed by atoms with van der Waals surface area (Å²) in [6, 6.07) is 11.3. The van der Waals surface area contributed by atoms with E-state index in [-0.39, 0.29) is 24.0 Å². The Kier molecular flexibility index (Phi) is 13.5. The van der Waals surface area contributed by atoms with Crippen LogP contribution in [0.25, 0.3) is 0 Å². The molecule has 154 valence electrons. The fourth-order valence-corrected chi connectivity index (χ4v) is 3.42. The molecule has 6 heteroatoms. The predicted molar refractivity (Wildman–Crippen MR) is 125 cm³/mol. The molecule has 1 atom stereocenters. The third-order valence-electron chi connectivity index (χ3n) is 4.85. The molecule has 1 fully saturated rings. The second kappa shape index (κ2) is 15.1. The molecule has 0 saturated carbocycles. The van der Waals surface area contributed by atoms with Crippen LogP contribution in [0.4, 0.5) is 0 Å². The van der Waals surface area contributed by atoms with Gasteiger partial charge in [-0.15, -0.1) is 24.0 Å². The molecule has 2 rings (SSSR count). The van der Waals surface area contributed by atoms with E-state index in [1.807, 2.05) is 0 Å². The van der Waals surface area contributed by atoms with Gasteiger partial charge in [-0.1, -0.05) is 30.3 Å². The first-order valence-corrected chi connectivity index (χ1v) is 10.1. The van der Waals surface area contributed by atoms with Crippen molar-refractivity contribution < 1.29 is 4.74 Å². The predicted octanol–water partition coefficient (Wildman–Crippen LogP) is 3.64. The van der Waals surface area contributed by atoms with Gasteiger partial charge in [-0.2, -0.15) is 0 Å². The highest BCUT2D eigenvalue weighted by molar-refractivity contribution is 14.0. The Balaban J connectivity index is 0.00000364. The molecule has 1 saturated heterocycles. The van der Waals surface area contributed by atoms with Crippen molar-refractivity contribution in [2.45, 2.75) is 51.6 Å². The lowest BCUT2D eigenvalue weighted by Crippen LogP contribution is -2.39. The molecule has 2 N–H and O–H groups in total. The van der Waals surface area contributed by atoms with Gasteiger partial charge in [0.15, 0.2) is 5.96 Å². The molecule has 5 nitrogen and oxygen atoms in total. The van der Waals surface area contributed by atoms with Crippen LogP contribution < -0.4 is 10.6 Å². The number of nitrogens with zero attached hydrogens (tertiary/aromatic N) is 2. The first kappa shape index (κ1) is 24.2. The van der Waals surface area contributed by atoms with E-state index in [1.54, 1.807) is 7.11 Å². The van der Waals surface area contributed by atoms with Gasteiger partial charge in [0, 0.05) is 39.4 Å². The van der Waals surface area contributed by atoms with Gasteiger partial charge < -0.3 is 15.4 Å². The minimum Gasteiger partial charge on any atom is -0.385 e. The lowest BCUT2D eigenvalue weighted by atomic mass is 10.2. The van der Waals surface area contributed by atoms with Gasteiger partial charge in [-0.05, 0) is 51.1 Å². The Morgan fingerprint density at radius 2 is 2.00 bits per heavy atom. The van der Waals surface area contributed by atoms with Crippen LogP contribution >= 0.6 is 24.0 Å². The van der Waals surface area contributed by atoms with Crippen molar-refractivity contribution in [3.63, 3.8) is 0 Å². The van der Waals surface area contributed by atoms with Crippen LogP contribution in [0, 0.1) is 0 Å². The van der Waals surface area contributed by atoms with Crippen LogP contribution in [0.1, 0.15) is 44.6 Å². The quantitative estimate of drug-likeness (QED) is 0.216. The molecule has 0 spiro atoms. The van der Waals surface area contributed by atoms with E-state index < -0.39 is 0 Å². The Morgan fingerprint density at radius 1 is 1.19 bits per heavy atom. The van der Waals surface area contributed by atoms with Crippen molar-refractivity contribution in [1.29, 1.82) is 0 Å².